The Bertz CT molecular complexity index is 941. The van der Waals surface area contributed by atoms with Crippen LogP contribution in [0.25, 0.3) is 0 Å². The number of aryl methyl sites for hydroxylation is 1. The van der Waals surface area contributed by atoms with Crippen molar-refractivity contribution in [3.05, 3.63) is 53.6 Å². The number of hydrogen-bond donors (Lipinski definition) is 0. The lowest BCUT2D eigenvalue weighted by Crippen LogP contribution is -2.37. The van der Waals surface area contributed by atoms with Crippen LogP contribution in [-0.4, -0.2) is 44.0 Å². The largest absolute Gasteiger partial charge is 0.497 e. The van der Waals surface area contributed by atoms with E-state index in [1.807, 2.05) is 54.3 Å². The average Bonchev–Trinajstić information content (AvgIpc) is 3.40. The van der Waals surface area contributed by atoms with Gasteiger partial charge >= 0.3 is 0 Å². The summed E-state index contributed by atoms with van der Waals surface area (Å²) in [4.78, 5) is 29.7. The van der Waals surface area contributed by atoms with E-state index in [1.54, 1.807) is 19.1 Å². The molecule has 4 rings (SSSR count). The maximum atomic E-state index is 13.4. The van der Waals surface area contributed by atoms with Gasteiger partial charge in [-0.05, 0) is 50.1 Å². The van der Waals surface area contributed by atoms with Crippen LogP contribution >= 0.6 is 0 Å². The minimum Gasteiger partial charge on any atom is -0.497 e. The molecule has 2 aromatic carbocycles. The summed E-state index contributed by atoms with van der Waals surface area (Å²) in [7, 11) is 3.27. The molecule has 2 heterocycles. The molecular formula is C24H28N2O4. The Morgan fingerprint density at radius 2 is 1.83 bits per heavy atom. The average molecular weight is 408 g/mol. The van der Waals surface area contributed by atoms with E-state index in [2.05, 4.69) is 0 Å². The highest BCUT2D eigenvalue weighted by Crippen LogP contribution is 2.40. The van der Waals surface area contributed by atoms with Gasteiger partial charge in [0.25, 0.3) is 0 Å². The number of ether oxygens (including phenoxy) is 2. The maximum absolute atomic E-state index is 13.4. The first kappa shape index (κ1) is 20.3. The molecule has 0 spiro atoms. The number of hydrogen-bond acceptors (Lipinski definition) is 4. The quantitative estimate of drug-likeness (QED) is 0.756. The van der Waals surface area contributed by atoms with E-state index in [9.17, 15) is 9.59 Å². The number of nitrogens with zero attached hydrogens (tertiary/aromatic N) is 2. The molecule has 0 N–H and O–H groups in total. The first-order valence-electron chi connectivity index (χ1n) is 10.4. The maximum Gasteiger partial charge on any atom is 0.228 e. The van der Waals surface area contributed by atoms with E-state index in [1.165, 1.54) is 0 Å². The molecule has 0 radical (unpaired) electrons. The van der Waals surface area contributed by atoms with Crippen LogP contribution in [0, 0.1) is 12.8 Å². The summed E-state index contributed by atoms with van der Waals surface area (Å²) in [5.41, 5.74) is 2.96. The smallest absolute Gasteiger partial charge is 0.228 e. The van der Waals surface area contributed by atoms with E-state index in [4.69, 9.17) is 9.47 Å². The van der Waals surface area contributed by atoms with Crippen LogP contribution in [0.15, 0.2) is 42.5 Å². The molecule has 2 aliphatic heterocycles. The molecule has 2 atom stereocenters. The predicted molar refractivity (Wildman–Crippen MR) is 115 cm³/mol. The Balaban J connectivity index is 1.54. The van der Waals surface area contributed by atoms with Gasteiger partial charge < -0.3 is 19.3 Å². The Morgan fingerprint density at radius 3 is 2.53 bits per heavy atom. The molecule has 0 saturated carbocycles. The summed E-state index contributed by atoms with van der Waals surface area (Å²) in [6, 6.07) is 13.5. The molecule has 2 amide bonds. The number of benzene rings is 2. The lowest BCUT2D eigenvalue weighted by atomic mass is 10.0. The van der Waals surface area contributed by atoms with Crippen molar-refractivity contribution in [3.63, 3.8) is 0 Å². The topological polar surface area (TPSA) is 59.1 Å². The molecule has 30 heavy (non-hydrogen) atoms. The lowest BCUT2D eigenvalue weighted by molar-refractivity contribution is -0.136. The van der Waals surface area contributed by atoms with Gasteiger partial charge in [-0.25, -0.2) is 0 Å². The number of methoxy groups -OCH3 is 2. The van der Waals surface area contributed by atoms with Gasteiger partial charge in [0.05, 0.1) is 26.2 Å². The third-order valence-electron chi connectivity index (χ3n) is 6.15. The van der Waals surface area contributed by atoms with E-state index >= 15 is 0 Å². The lowest BCUT2D eigenvalue weighted by Gasteiger charge is -2.29. The SMILES string of the molecule is COc1ccc(OC)c(C2CCCN2C(=O)C2CC(=O)N(c3ccc(C)cc3)C2)c1. The first-order valence-corrected chi connectivity index (χ1v) is 10.4. The van der Waals surface area contributed by atoms with Crippen LogP contribution in [0.4, 0.5) is 5.69 Å². The minimum atomic E-state index is -0.323. The Morgan fingerprint density at radius 1 is 1.07 bits per heavy atom. The molecule has 6 heteroatoms. The molecule has 2 saturated heterocycles. The number of likely N-dealkylation sites (tertiary alicyclic amines) is 1. The van der Waals surface area contributed by atoms with E-state index in [-0.39, 0.29) is 30.2 Å². The molecule has 6 nitrogen and oxygen atoms in total. The molecule has 158 valence electrons. The summed E-state index contributed by atoms with van der Waals surface area (Å²) >= 11 is 0. The van der Waals surface area contributed by atoms with Crippen molar-refractivity contribution < 1.29 is 19.1 Å². The van der Waals surface area contributed by atoms with Gasteiger partial charge in [-0.3, -0.25) is 9.59 Å². The van der Waals surface area contributed by atoms with Gasteiger partial charge in [0.15, 0.2) is 0 Å². The minimum absolute atomic E-state index is 0.00640. The number of carbonyl (C=O) groups is 2. The highest BCUT2D eigenvalue weighted by atomic mass is 16.5. The van der Waals surface area contributed by atoms with Crippen molar-refractivity contribution in [2.45, 2.75) is 32.2 Å². The molecular weight excluding hydrogens is 380 g/mol. The van der Waals surface area contributed by atoms with Crippen LogP contribution in [0.2, 0.25) is 0 Å². The second kappa shape index (κ2) is 8.38. The molecule has 2 aromatic rings. The van der Waals surface area contributed by atoms with Crippen molar-refractivity contribution >= 4 is 17.5 Å². The van der Waals surface area contributed by atoms with Gasteiger partial charge in [-0.2, -0.15) is 0 Å². The van der Waals surface area contributed by atoms with Crippen molar-refractivity contribution in [1.29, 1.82) is 0 Å². The standard InChI is InChI=1S/C24H28N2O4/c1-16-6-8-18(9-7-16)26-15-17(13-23(26)27)24(28)25-12-4-5-21(25)20-14-19(29-2)10-11-22(20)30-3/h6-11,14,17,21H,4-5,12-13,15H2,1-3H3. The van der Waals surface area contributed by atoms with Crippen molar-refractivity contribution in [2.75, 3.05) is 32.2 Å². The van der Waals surface area contributed by atoms with Gasteiger partial charge in [0, 0.05) is 30.8 Å². The summed E-state index contributed by atoms with van der Waals surface area (Å²) in [6.07, 6.45) is 2.06. The number of carbonyl (C=O) groups excluding carboxylic acids is 2. The van der Waals surface area contributed by atoms with Gasteiger partial charge in [-0.1, -0.05) is 17.7 Å². The van der Waals surface area contributed by atoms with Gasteiger partial charge in [0.2, 0.25) is 11.8 Å². The van der Waals surface area contributed by atoms with E-state index in [0.29, 0.717) is 13.1 Å². The second-order valence-electron chi connectivity index (χ2n) is 8.04. The second-order valence-corrected chi connectivity index (χ2v) is 8.04. The van der Waals surface area contributed by atoms with Crippen LogP contribution in [-0.2, 0) is 9.59 Å². The van der Waals surface area contributed by atoms with Gasteiger partial charge in [0.1, 0.15) is 11.5 Å². The van der Waals surface area contributed by atoms with Crippen LogP contribution in [0.3, 0.4) is 0 Å². The van der Waals surface area contributed by atoms with Crippen LogP contribution < -0.4 is 14.4 Å². The van der Waals surface area contributed by atoms with Gasteiger partial charge in [-0.15, -0.1) is 0 Å². The Labute approximate surface area is 177 Å². The predicted octanol–water partition coefficient (Wildman–Crippen LogP) is 3.73. The van der Waals surface area contributed by atoms with E-state index < -0.39 is 0 Å². The summed E-state index contributed by atoms with van der Waals surface area (Å²) in [6.45, 7) is 3.14. The summed E-state index contributed by atoms with van der Waals surface area (Å²) in [5, 5.41) is 0. The highest BCUT2D eigenvalue weighted by Gasteiger charge is 2.41. The molecule has 0 aliphatic carbocycles. The number of anilines is 1. The Hall–Kier alpha value is -3.02. The fourth-order valence-electron chi connectivity index (χ4n) is 4.54. The third-order valence-corrected chi connectivity index (χ3v) is 6.15. The zero-order valence-electron chi connectivity index (χ0n) is 17.8. The molecule has 2 fully saturated rings. The fraction of sp³-hybridized carbons (Fsp3) is 0.417. The summed E-state index contributed by atoms with van der Waals surface area (Å²) < 4.78 is 10.9. The molecule has 2 unspecified atom stereocenters. The third kappa shape index (κ3) is 3.74. The first-order chi connectivity index (χ1) is 14.5. The normalized spacial score (nSPS) is 21.2. The highest BCUT2D eigenvalue weighted by molar-refractivity contribution is 6.00. The van der Waals surface area contributed by atoms with Crippen molar-refractivity contribution in [3.8, 4) is 11.5 Å². The number of rotatable bonds is 5. The van der Waals surface area contributed by atoms with Crippen LogP contribution in [0.1, 0.15) is 36.4 Å². The summed E-state index contributed by atoms with van der Waals surface area (Å²) in [5.74, 6) is 1.23. The van der Waals surface area contributed by atoms with Crippen molar-refractivity contribution in [2.24, 2.45) is 5.92 Å². The number of amides is 2. The molecule has 0 bridgehead atoms. The van der Waals surface area contributed by atoms with Crippen LogP contribution in [0.5, 0.6) is 11.5 Å². The monoisotopic (exact) mass is 408 g/mol. The zero-order valence-corrected chi connectivity index (χ0v) is 17.8. The Kier molecular flexibility index (Phi) is 5.66. The zero-order chi connectivity index (χ0) is 21.3. The van der Waals surface area contributed by atoms with Crippen molar-refractivity contribution in [1.82, 2.24) is 4.90 Å². The van der Waals surface area contributed by atoms with E-state index in [0.717, 1.165) is 41.2 Å². The molecule has 0 aromatic heterocycles. The fourth-order valence-corrected chi connectivity index (χ4v) is 4.54. The molecule has 2 aliphatic rings.